The van der Waals surface area contributed by atoms with Crippen LogP contribution in [0.25, 0.3) is 0 Å². The van der Waals surface area contributed by atoms with Crippen LogP contribution in [0.4, 0.5) is 0 Å². The van der Waals surface area contributed by atoms with E-state index in [-0.39, 0.29) is 5.91 Å². The SMILES string of the molecule is CN1CCN(CC(=O)NCC23CC4C[C@@H](CC[C@H](C4)C2)C3)CC1. The van der Waals surface area contributed by atoms with Crippen molar-refractivity contribution in [2.75, 3.05) is 46.3 Å². The fourth-order valence-corrected chi connectivity index (χ4v) is 6.14. The van der Waals surface area contributed by atoms with Crippen LogP contribution in [0.3, 0.4) is 0 Å². The maximum atomic E-state index is 12.4. The number of likely N-dealkylation sites (N-methyl/N-ethyl adjacent to an activating group) is 1. The Bertz CT molecular complexity index is 428. The van der Waals surface area contributed by atoms with Crippen molar-refractivity contribution in [3.63, 3.8) is 0 Å². The van der Waals surface area contributed by atoms with Gasteiger partial charge in [0.25, 0.3) is 0 Å². The van der Waals surface area contributed by atoms with Gasteiger partial charge in [-0.15, -0.1) is 0 Å². The summed E-state index contributed by atoms with van der Waals surface area (Å²) in [5.41, 5.74) is 0.449. The van der Waals surface area contributed by atoms with Gasteiger partial charge in [-0.05, 0) is 62.3 Å². The van der Waals surface area contributed by atoms with Crippen LogP contribution < -0.4 is 5.32 Å². The van der Waals surface area contributed by atoms with Gasteiger partial charge in [-0.25, -0.2) is 0 Å². The van der Waals surface area contributed by atoms with E-state index in [1.165, 1.54) is 44.9 Å². The van der Waals surface area contributed by atoms with Crippen LogP contribution in [0.2, 0.25) is 0 Å². The highest BCUT2D eigenvalue weighted by Crippen LogP contribution is 2.57. The number of carbonyl (C=O) groups excluding carboxylic acids is 1. The molecule has 4 heteroatoms. The zero-order chi connectivity index (χ0) is 15.9. The summed E-state index contributed by atoms with van der Waals surface area (Å²) in [7, 11) is 2.16. The number of nitrogens with zero attached hydrogens (tertiary/aromatic N) is 2. The maximum absolute atomic E-state index is 12.4. The summed E-state index contributed by atoms with van der Waals surface area (Å²) < 4.78 is 0. The Morgan fingerprint density at radius 2 is 1.61 bits per heavy atom. The highest BCUT2D eigenvalue weighted by molar-refractivity contribution is 5.78. The number of fused-ring (bicyclic) bond motifs is 1. The van der Waals surface area contributed by atoms with Gasteiger partial charge < -0.3 is 10.2 Å². The third kappa shape index (κ3) is 3.58. The average molecular weight is 319 g/mol. The lowest BCUT2D eigenvalue weighted by Gasteiger charge is -2.48. The lowest BCUT2D eigenvalue weighted by molar-refractivity contribution is -0.123. The van der Waals surface area contributed by atoms with Crippen molar-refractivity contribution < 1.29 is 4.79 Å². The summed E-state index contributed by atoms with van der Waals surface area (Å²) in [6.45, 7) is 5.77. The second-order valence-electron chi connectivity index (χ2n) is 9.12. The predicted molar refractivity (Wildman–Crippen MR) is 92.2 cm³/mol. The van der Waals surface area contributed by atoms with Crippen molar-refractivity contribution in [2.45, 2.75) is 44.9 Å². The molecule has 0 spiro atoms. The van der Waals surface area contributed by atoms with Gasteiger partial charge in [0.15, 0.2) is 0 Å². The second-order valence-corrected chi connectivity index (χ2v) is 9.12. The molecular weight excluding hydrogens is 286 g/mol. The van der Waals surface area contributed by atoms with Crippen LogP contribution in [0.15, 0.2) is 0 Å². The summed E-state index contributed by atoms with van der Waals surface area (Å²) in [6.07, 6.45) is 10.0. The molecular formula is C19H33N3O. The summed E-state index contributed by atoms with van der Waals surface area (Å²) in [5.74, 6) is 3.13. The Morgan fingerprint density at radius 1 is 1.00 bits per heavy atom. The van der Waals surface area contributed by atoms with Gasteiger partial charge >= 0.3 is 0 Å². The van der Waals surface area contributed by atoms with Crippen molar-refractivity contribution in [3.05, 3.63) is 0 Å². The van der Waals surface area contributed by atoms with Gasteiger partial charge in [0.1, 0.15) is 0 Å². The number of nitrogens with one attached hydrogen (secondary N) is 1. The molecule has 0 unspecified atom stereocenters. The van der Waals surface area contributed by atoms with Crippen molar-refractivity contribution in [1.29, 1.82) is 0 Å². The molecule has 1 aliphatic heterocycles. The molecule has 1 amide bonds. The molecule has 4 saturated carbocycles. The molecule has 5 aliphatic rings. The average Bonchev–Trinajstić information content (AvgIpc) is 2.74. The molecule has 1 N–H and O–H groups in total. The van der Waals surface area contributed by atoms with E-state index in [9.17, 15) is 4.79 Å². The van der Waals surface area contributed by atoms with E-state index < -0.39 is 0 Å². The first-order valence-electron chi connectivity index (χ1n) is 9.78. The van der Waals surface area contributed by atoms with Crippen LogP contribution in [0, 0.1) is 23.2 Å². The minimum atomic E-state index is 0.254. The molecule has 4 bridgehead atoms. The number of carbonyl (C=O) groups is 1. The summed E-state index contributed by atoms with van der Waals surface area (Å²) >= 11 is 0. The lowest BCUT2D eigenvalue weighted by atomic mass is 9.58. The van der Waals surface area contributed by atoms with Crippen molar-refractivity contribution in [2.24, 2.45) is 23.2 Å². The van der Waals surface area contributed by atoms with E-state index in [2.05, 4.69) is 22.2 Å². The molecule has 130 valence electrons. The van der Waals surface area contributed by atoms with E-state index in [0.717, 1.165) is 50.5 Å². The predicted octanol–water partition coefficient (Wildman–Crippen LogP) is 1.96. The van der Waals surface area contributed by atoms with Crippen LogP contribution in [0.5, 0.6) is 0 Å². The van der Waals surface area contributed by atoms with Crippen molar-refractivity contribution in [3.8, 4) is 0 Å². The van der Waals surface area contributed by atoms with Crippen LogP contribution >= 0.6 is 0 Å². The maximum Gasteiger partial charge on any atom is 0.234 e. The summed E-state index contributed by atoms with van der Waals surface area (Å²) in [6, 6.07) is 0. The van der Waals surface area contributed by atoms with Crippen LogP contribution in [-0.2, 0) is 4.79 Å². The second kappa shape index (κ2) is 6.36. The topological polar surface area (TPSA) is 35.6 Å². The molecule has 0 aromatic carbocycles. The Hall–Kier alpha value is -0.610. The molecule has 0 aromatic rings. The molecule has 23 heavy (non-hydrogen) atoms. The monoisotopic (exact) mass is 319 g/mol. The van der Waals surface area contributed by atoms with E-state index in [4.69, 9.17) is 0 Å². The van der Waals surface area contributed by atoms with Gasteiger partial charge in [0.2, 0.25) is 5.91 Å². The zero-order valence-corrected chi connectivity index (χ0v) is 14.7. The largest absolute Gasteiger partial charge is 0.354 e. The minimum absolute atomic E-state index is 0.254. The Morgan fingerprint density at radius 3 is 2.26 bits per heavy atom. The van der Waals surface area contributed by atoms with E-state index in [1.807, 2.05) is 0 Å². The van der Waals surface area contributed by atoms with Crippen LogP contribution in [-0.4, -0.2) is 62.0 Å². The number of hydrogen-bond donors (Lipinski definition) is 1. The first-order valence-corrected chi connectivity index (χ1v) is 9.78. The number of rotatable bonds is 4. The van der Waals surface area contributed by atoms with Crippen molar-refractivity contribution >= 4 is 5.91 Å². The van der Waals surface area contributed by atoms with Crippen molar-refractivity contribution in [1.82, 2.24) is 15.1 Å². The number of hydrogen-bond acceptors (Lipinski definition) is 3. The fraction of sp³-hybridized carbons (Fsp3) is 0.947. The molecule has 4 aliphatic carbocycles. The number of piperazine rings is 1. The lowest BCUT2D eigenvalue weighted by Crippen LogP contribution is -2.50. The molecule has 4 nitrogen and oxygen atoms in total. The fourth-order valence-electron chi connectivity index (χ4n) is 6.14. The highest BCUT2D eigenvalue weighted by atomic mass is 16.2. The molecule has 5 fully saturated rings. The standard InChI is InChI=1S/C19H33N3O/c1-21-4-6-22(7-5-21)13-18(23)20-14-19-10-15-2-3-16(11-19)9-17(8-15)12-19/h15-17H,2-14H2,1H3,(H,20,23)/t15-,16-,17?,19?/m1/s1. The quantitative estimate of drug-likeness (QED) is 0.860. The smallest absolute Gasteiger partial charge is 0.234 e. The van der Waals surface area contributed by atoms with Gasteiger partial charge in [0.05, 0.1) is 6.54 Å². The molecule has 2 atom stereocenters. The Labute approximate surface area is 141 Å². The van der Waals surface area contributed by atoms with E-state index >= 15 is 0 Å². The zero-order valence-electron chi connectivity index (χ0n) is 14.7. The number of amides is 1. The van der Waals surface area contributed by atoms with Gasteiger partial charge in [-0.3, -0.25) is 9.69 Å². The van der Waals surface area contributed by atoms with Gasteiger partial charge in [-0.2, -0.15) is 0 Å². The van der Waals surface area contributed by atoms with E-state index in [0.29, 0.717) is 12.0 Å². The first-order chi connectivity index (χ1) is 11.1. The molecule has 1 saturated heterocycles. The molecule has 0 radical (unpaired) electrons. The minimum Gasteiger partial charge on any atom is -0.354 e. The Kier molecular flexibility index (Phi) is 4.39. The van der Waals surface area contributed by atoms with Gasteiger partial charge in [-0.1, -0.05) is 12.8 Å². The molecule has 5 rings (SSSR count). The van der Waals surface area contributed by atoms with E-state index in [1.54, 1.807) is 0 Å². The molecule has 0 aromatic heterocycles. The van der Waals surface area contributed by atoms with Gasteiger partial charge in [0, 0.05) is 32.7 Å². The summed E-state index contributed by atoms with van der Waals surface area (Å²) in [5, 5.41) is 3.33. The normalized spacial score (nSPS) is 41.0. The van der Waals surface area contributed by atoms with Crippen LogP contribution in [0.1, 0.15) is 44.9 Å². The third-order valence-corrected chi connectivity index (χ3v) is 7.11. The first kappa shape index (κ1) is 15.9. The third-order valence-electron chi connectivity index (χ3n) is 7.11. The molecule has 1 heterocycles. The Balaban J connectivity index is 1.29. The highest BCUT2D eigenvalue weighted by Gasteiger charge is 2.48. The summed E-state index contributed by atoms with van der Waals surface area (Å²) in [4.78, 5) is 17.1.